The molecule has 1 aromatic carbocycles. The predicted molar refractivity (Wildman–Crippen MR) is 91.7 cm³/mol. The van der Waals surface area contributed by atoms with Gasteiger partial charge in [-0.3, -0.25) is 9.59 Å². The van der Waals surface area contributed by atoms with Crippen LogP contribution in [0, 0.1) is 0 Å². The minimum atomic E-state index is -0.372. The molecule has 23 heavy (non-hydrogen) atoms. The van der Waals surface area contributed by atoms with Gasteiger partial charge in [-0.2, -0.15) is 16.8 Å². The first-order chi connectivity index (χ1) is 11.1. The number of nitrogens with two attached hydrogens (primary N) is 1. The number of thioether (sulfide) groups is 1. The molecule has 0 aliphatic heterocycles. The van der Waals surface area contributed by atoms with Crippen LogP contribution in [0.15, 0.2) is 59.7 Å². The Balaban J connectivity index is 2.04. The summed E-state index contributed by atoms with van der Waals surface area (Å²) in [6, 6.07) is 15.6. The van der Waals surface area contributed by atoms with Gasteiger partial charge in [0.05, 0.1) is 5.75 Å². The molecule has 0 aliphatic carbocycles. The van der Waals surface area contributed by atoms with E-state index in [4.69, 9.17) is 5.73 Å². The van der Waals surface area contributed by atoms with Crippen LogP contribution in [0.5, 0.6) is 0 Å². The first-order valence-corrected chi connectivity index (χ1v) is 8.43. The second kappa shape index (κ2) is 8.95. The lowest BCUT2D eigenvalue weighted by Gasteiger charge is -2.07. The molecule has 6 heteroatoms. The highest BCUT2D eigenvalue weighted by molar-refractivity contribution is 7.99. The molecular formula is C17H19N3O2S. The Morgan fingerprint density at radius 2 is 1.83 bits per heavy atom. The van der Waals surface area contributed by atoms with Crippen LogP contribution in [0.25, 0.3) is 0 Å². The molecule has 2 amide bonds. The van der Waals surface area contributed by atoms with E-state index in [1.807, 2.05) is 59.3 Å². The predicted octanol–water partition coefficient (Wildman–Crippen LogP) is 1.57. The van der Waals surface area contributed by atoms with E-state index in [9.17, 15) is 9.59 Å². The minimum absolute atomic E-state index is 0.199. The number of primary amides is 1. The van der Waals surface area contributed by atoms with Crippen LogP contribution in [-0.4, -0.2) is 27.9 Å². The highest BCUT2D eigenvalue weighted by Gasteiger charge is 2.02. The fourth-order valence-corrected chi connectivity index (χ4v) is 2.66. The number of rotatable bonds is 7. The Bertz CT molecular complexity index is 726. The maximum atomic E-state index is 12.0. The second-order valence-corrected chi connectivity index (χ2v) is 6.05. The molecule has 0 spiro atoms. The van der Waals surface area contributed by atoms with Crippen LogP contribution in [0.3, 0.4) is 0 Å². The van der Waals surface area contributed by atoms with E-state index in [0.717, 1.165) is 5.56 Å². The monoisotopic (exact) mass is 329 g/mol. The Kier molecular flexibility index (Phi) is 6.62. The maximum Gasteiger partial charge on any atom is 0.248 e. The van der Waals surface area contributed by atoms with E-state index in [1.54, 1.807) is 0 Å². The second-order valence-electron chi connectivity index (χ2n) is 4.95. The average molecular weight is 329 g/mol. The lowest BCUT2D eigenvalue weighted by molar-refractivity contribution is -0.118. The molecule has 0 saturated heterocycles. The summed E-state index contributed by atoms with van der Waals surface area (Å²) in [6.45, 7) is 0.657. The van der Waals surface area contributed by atoms with Gasteiger partial charge in [0.25, 0.3) is 0 Å². The highest BCUT2D eigenvalue weighted by Crippen LogP contribution is 2.03. The highest BCUT2D eigenvalue weighted by atomic mass is 32.2. The van der Waals surface area contributed by atoms with Gasteiger partial charge in [0.15, 0.2) is 0 Å². The van der Waals surface area contributed by atoms with Gasteiger partial charge < -0.3 is 10.3 Å². The standard InChI is InChI=1S/C17H19N3O2S/c18-15(21)13-23-11-9-17(22)19-16-8-4-5-10-20(16)12-14-6-2-1-3-7-14/h1-8,10H,9,11-13H2,(H2,18,21). The summed E-state index contributed by atoms with van der Waals surface area (Å²) < 4.78 is 1.93. The number of hydrogen-bond acceptors (Lipinski definition) is 3. The van der Waals surface area contributed by atoms with Crippen LogP contribution < -0.4 is 11.2 Å². The molecule has 1 aromatic heterocycles. The average Bonchev–Trinajstić information content (AvgIpc) is 2.54. The van der Waals surface area contributed by atoms with Gasteiger partial charge in [-0.25, -0.2) is 0 Å². The van der Waals surface area contributed by atoms with Gasteiger partial charge in [0, 0.05) is 24.9 Å². The molecule has 0 unspecified atom stereocenters. The number of carbonyl (C=O) groups is 2. The lowest BCUT2D eigenvalue weighted by atomic mass is 10.2. The fraction of sp³-hybridized carbons (Fsp3) is 0.235. The van der Waals surface area contributed by atoms with E-state index in [-0.39, 0.29) is 24.0 Å². The lowest BCUT2D eigenvalue weighted by Crippen LogP contribution is -2.22. The van der Waals surface area contributed by atoms with Crippen LogP contribution in [0.4, 0.5) is 0 Å². The molecule has 1 heterocycles. The van der Waals surface area contributed by atoms with Gasteiger partial charge in [-0.1, -0.05) is 36.4 Å². The van der Waals surface area contributed by atoms with Crippen molar-refractivity contribution < 1.29 is 9.59 Å². The molecule has 2 N–H and O–H groups in total. The zero-order valence-electron chi connectivity index (χ0n) is 12.7. The van der Waals surface area contributed by atoms with Gasteiger partial charge in [-0.15, -0.1) is 0 Å². The van der Waals surface area contributed by atoms with Crippen LogP contribution in [0.1, 0.15) is 12.0 Å². The zero-order chi connectivity index (χ0) is 16.5. The summed E-state index contributed by atoms with van der Waals surface area (Å²) in [6.07, 6.45) is 2.19. The number of amides is 2. The number of pyridine rings is 1. The molecule has 0 saturated carbocycles. The molecular weight excluding hydrogens is 310 g/mol. The number of nitrogens with zero attached hydrogens (tertiary/aromatic N) is 2. The van der Waals surface area contributed by atoms with E-state index in [2.05, 4.69) is 4.99 Å². The summed E-state index contributed by atoms with van der Waals surface area (Å²) in [5.74, 6) is 0.196. The van der Waals surface area contributed by atoms with Gasteiger partial charge in [0.2, 0.25) is 11.8 Å². The normalized spacial score (nSPS) is 11.4. The van der Waals surface area contributed by atoms with Crippen molar-refractivity contribution in [3.63, 3.8) is 0 Å². The zero-order valence-corrected chi connectivity index (χ0v) is 13.5. The molecule has 0 aliphatic rings. The third-order valence-electron chi connectivity index (χ3n) is 3.06. The minimum Gasteiger partial charge on any atom is -0.369 e. The molecule has 120 valence electrons. The van der Waals surface area contributed by atoms with Crippen molar-refractivity contribution in [3.05, 3.63) is 65.8 Å². The van der Waals surface area contributed by atoms with Gasteiger partial charge in [-0.05, 0) is 17.7 Å². The topological polar surface area (TPSA) is 77.5 Å². The van der Waals surface area contributed by atoms with Crippen molar-refractivity contribution >= 4 is 23.6 Å². The van der Waals surface area contributed by atoms with Crippen molar-refractivity contribution in [2.45, 2.75) is 13.0 Å². The molecule has 5 nitrogen and oxygen atoms in total. The molecule has 0 atom stereocenters. The van der Waals surface area contributed by atoms with Crippen molar-refractivity contribution in [2.24, 2.45) is 10.7 Å². The quantitative estimate of drug-likeness (QED) is 0.783. The van der Waals surface area contributed by atoms with Crippen LogP contribution in [0.2, 0.25) is 0 Å². The molecule has 0 bridgehead atoms. The Morgan fingerprint density at radius 1 is 1.09 bits per heavy atom. The smallest absolute Gasteiger partial charge is 0.248 e. The Hall–Kier alpha value is -2.34. The number of benzene rings is 1. The van der Waals surface area contributed by atoms with Crippen molar-refractivity contribution in [1.29, 1.82) is 0 Å². The van der Waals surface area contributed by atoms with Crippen molar-refractivity contribution in [2.75, 3.05) is 11.5 Å². The number of hydrogen-bond donors (Lipinski definition) is 1. The summed E-state index contributed by atoms with van der Waals surface area (Å²) in [5, 5.41) is 0. The third-order valence-corrected chi connectivity index (χ3v) is 4.04. The molecule has 2 aromatic rings. The molecule has 2 rings (SSSR count). The van der Waals surface area contributed by atoms with Gasteiger partial charge in [0.1, 0.15) is 5.49 Å². The molecule has 0 radical (unpaired) electrons. The molecule has 0 fully saturated rings. The summed E-state index contributed by atoms with van der Waals surface area (Å²) >= 11 is 1.34. The van der Waals surface area contributed by atoms with Crippen molar-refractivity contribution in [3.8, 4) is 0 Å². The Labute approximate surface area is 139 Å². The number of carbonyl (C=O) groups excluding carboxylic acids is 2. The summed E-state index contributed by atoms with van der Waals surface area (Å²) in [5.41, 5.74) is 6.82. The Morgan fingerprint density at radius 3 is 2.57 bits per heavy atom. The first kappa shape index (κ1) is 17.0. The summed E-state index contributed by atoms with van der Waals surface area (Å²) in [7, 11) is 0. The van der Waals surface area contributed by atoms with E-state index >= 15 is 0 Å². The SMILES string of the molecule is NC(=O)CSCCC(=O)N=c1ccccn1Cc1ccccc1. The van der Waals surface area contributed by atoms with E-state index in [0.29, 0.717) is 17.8 Å². The largest absolute Gasteiger partial charge is 0.369 e. The van der Waals surface area contributed by atoms with E-state index < -0.39 is 0 Å². The maximum absolute atomic E-state index is 12.0. The first-order valence-electron chi connectivity index (χ1n) is 7.28. The van der Waals surface area contributed by atoms with E-state index in [1.165, 1.54) is 11.8 Å². The third kappa shape index (κ3) is 6.12. The fourth-order valence-electron chi connectivity index (χ4n) is 2.00. The number of aromatic nitrogens is 1. The van der Waals surface area contributed by atoms with Crippen LogP contribution >= 0.6 is 11.8 Å². The van der Waals surface area contributed by atoms with Crippen LogP contribution in [-0.2, 0) is 16.1 Å². The summed E-state index contributed by atoms with van der Waals surface area (Å²) in [4.78, 5) is 26.8. The van der Waals surface area contributed by atoms with Gasteiger partial charge >= 0.3 is 0 Å². The van der Waals surface area contributed by atoms with Crippen molar-refractivity contribution in [1.82, 2.24) is 4.57 Å².